The average Bonchev–Trinajstić information content (AvgIpc) is 2.90. The van der Waals surface area contributed by atoms with Crippen molar-refractivity contribution in [1.82, 2.24) is 0 Å². The maximum Gasteiger partial charge on any atom is 0.137 e. The molecule has 0 unspecified atom stereocenters. The Balaban J connectivity index is 1.83. The summed E-state index contributed by atoms with van der Waals surface area (Å²) in [6.07, 6.45) is 3.27. The molecule has 2 aromatic rings. The van der Waals surface area contributed by atoms with Crippen LogP contribution in [0.1, 0.15) is 17.7 Å². The molecule has 0 spiro atoms. The molecule has 0 aliphatic rings. The van der Waals surface area contributed by atoms with Crippen molar-refractivity contribution >= 4 is 5.78 Å². The lowest BCUT2D eigenvalue weighted by atomic mass is 10.1. The quantitative estimate of drug-likeness (QED) is 0.784. The highest BCUT2D eigenvalue weighted by molar-refractivity contribution is 5.81. The number of benzene rings is 1. The van der Waals surface area contributed by atoms with Crippen molar-refractivity contribution in [2.75, 3.05) is 7.11 Å². The number of carbonyl (C=O) groups is 1. The second-order valence-electron chi connectivity index (χ2n) is 4.14. The van der Waals surface area contributed by atoms with Gasteiger partial charge in [-0.3, -0.25) is 4.79 Å². The van der Waals surface area contributed by atoms with Crippen LogP contribution in [0.2, 0.25) is 0 Å². The van der Waals surface area contributed by atoms with Gasteiger partial charge >= 0.3 is 0 Å². The van der Waals surface area contributed by atoms with Gasteiger partial charge in [-0.2, -0.15) is 0 Å². The largest absolute Gasteiger partial charge is 0.497 e. The van der Waals surface area contributed by atoms with E-state index in [9.17, 15) is 4.79 Å². The third-order valence-corrected chi connectivity index (χ3v) is 2.79. The molecule has 0 fully saturated rings. The minimum Gasteiger partial charge on any atom is -0.497 e. The Morgan fingerprint density at radius 3 is 2.61 bits per heavy atom. The molecule has 0 amide bonds. The van der Waals surface area contributed by atoms with Crippen molar-refractivity contribution in [2.45, 2.75) is 19.3 Å². The molecule has 0 radical (unpaired) electrons. The Labute approximate surface area is 106 Å². The van der Waals surface area contributed by atoms with Crippen LogP contribution in [0.25, 0.3) is 0 Å². The van der Waals surface area contributed by atoms with Crippen molar-refractivity contribution in [3.05, 3.63) is 54.0 Å². The second-order valence-corrected chi connectivity index (χ2v) is 4.14. The monoisotopic (exact) mass is 244 g/mol. The first-order valence-corrected chi connectivity index (χ1v) is 5.95. The summed E-state index contributed by atoms with van der Waals surface area (Å²) in [6.45, 7) is 0. The van der Waals surface area contributed by atoms with Crippen molar-refractivity contribution in [1.29, 1.82) is 0 Å². The van der Waals surface area contributed by atoms with Gasteiger partial charge in [0.25, 0.3) is 0 Å². The van der Waals surface area contributed by atoms with Gasteiger partial charge in [0.2, 0.25) is 0 Å². The van der Waals surface area contributed by atoms with E-state index >= 15 is 0 Å². The lowest BCUT2D eigenvalue weighted by Crippen LogP contribution is -2.04. The van der Waals surface area contributed by atoms with E-state index < -0.39 is 0 Å². The molecule has 0 aliphatic carbocycles. The van der Waals surface area contributed by atoms with Crippen LogP contribution >= 0.6 is 0 Å². The number of methoxy groups -OCH3 is 1. The zero-order valence-electron chi connectivity index (χ0n) is 10.4. The third-order valence-electron chi connectivity index (χ3n) is 2.79. The first kappa shape index (κ1) is 12.4. The Kier molecular flexibility index (Phi) is 4.18. The normalized spacial score (nSPS) is 10.3. The summed E-state index contributed by atoms with van der Waals surface area (Å²) < 4.78 is 10.3. The van der Waals surface area contributed by atoms with Crippen molar-refractivity contribution in [3.8, 4) is 5.75 Å². The van der Waals surface area contributed by atoms with Crippen LogP contribution < -0.4 is 4.74 Å². The first-order chi connectivity index (χ1) is 8.78. The molecule has 18 heavy (non-hydrogen) atoms. The minimum atomic E-state index is 0.219. The van der Waals surface area contributed by atoms with Crippen LogP contribution in [0.4, 0.5) is 0 Å². The smallest absolute Gasteiger partial charge is 0.137 e. The summed E-state index contributed by atoms with van der Waals surface area (Å²) >= 11 is 0. The van der Waals surface area contributed by atoms with Crippen LogP contribution in [0.3, 0.4) is 0 Å². The Hall–Kier alpha value is -2.03. The molecule has 0 saturated carbocycles. The number of aryl methyl sites for hydroxylation is 1. The zero-order chi connectivity index (χ0) is 12.8. The molecule has 1 heterocycles. The molecule has 3 heteroatoms. The summed E-state index contributed by atoms with van der Waals surface area (Å²) in [4.78, 5) is 11.8. The van der Waals surface area contributed by atoms with E-state index in [0.717, 1.165) is 17.1 Å². The number of hydrogen-bond acceptors (Lipinski definition) is 3. The standard InChI is InChI=1S/C15H16O3/c1-17-14-7-4-12(5-8-14)11-13(16)6-9-15-3-2-10-18-15/h2-5,7-8,10H,6,9,11H2,1H3. The summed E-state index contributed by atoms with van der Waals surface area (Å²) in [6, 6.07) is 11.3. The molecular formula is C15H16O3. The number of rotatable bonds is 6. The molecule has 0 aliphatic heterocycles. The van der Waals surface area contributed by atoms with E-state index in [1.54, 1.807) is 13.4 Å². The van der Waals surface area contributed by atoms with Gasteiger partial charge in [0, 0.05) is 19.3 Å². The van der Waals surface area contributed by atoms with Gasteiger partial charge in [-0.1, -0.05) is 12.1 Å². The molecule has 2 rings (SSSR count). The van der Waals surface area contributed by atoms with E-state index in [4.69, 9.17) is 9.15 Å². The van der Waals surface area contributed by atoms with Crippen LogP contribution in [-0.4, -0.2) is 12.9 Å². The summed E-state index contributed by atoms with van der Waals surface area (Å²) in [7, 11) is 1.63. The molecule has 0 N–H and O–H groups in total. The molecule has 0 atom stereocenters. The van der Waals surface area contributed by atoms with Crippen LogP contribution in [0, 0.1) is 0 Å². The molecule has 0 bridgehead atoms. The van der Waals surface area contributed by atoms with Gasteiger partial charge < -0.3 is 9.15 Å². The van der Waals surface area contributed by atoms with Crippen LogP contribution in [0.15, 0.2) is 47.1 Å². The fraction of sp³-hybridized carbons (Fsp3) is 0.267. The molecular weight excluding hydrogens is 228 g/mol. The minimum absolute atomic E-state index is 0.219. The fourth-order valence-electron chi connectivity index (χ4n) is 1.78. The Bertz CT molecular complexity index is 483. The van der Waals surface area contributed by atoms with E-state index in [-0.39, 0.29) is 5.78 Å². The number of ketones is 1. The van der Waals surface area contributed by atoms with Gasteiger partial charge in [0.05, 0.1) is 13.4 Å². The third kappa shape index (κ3) is 3.48. The van der Waals surface area contributed by atoms with Gasteiger partial charge in [0.15, 0.2) is 0 Å². The molecule has 1 aromatic carbocycles. The molecule has 0 saturated heterocycles. The fourth-order valence-corrected chi connectivity index (χ4v) is 1.78. The maximum absolute atomic E-state index is 11.8. The van der Waals surface area contributed by atoms with Gasteiger partial charge in [-0.25, -0.2) is 0 Å². The highest BCUT2D eigenvalue weighted by Crippen LogP contribution is 2.13. The lowest BCUT2D eigenvalue weighted by Gasteiger charge is -2.03. The van der Waals surface area contributed by atoms with Crippen molar-refractivity contribution < 1.29 is 13.9 Å². The number of hydrogen-bond donors (Lipinski definition) is 0. The number of carbonyl (C=O) groups excluding carboxylic acids is 1. The van der Waals surface area contributed by atoms with Gasteiger partial charge in [-0.15, -0.1) is 0 Å². The molecule has 1 aromatic heterocycles. The second kappa shape index (κ2) is 6.05. The lowest BCUT2D eigenvalue weighted by molar-refractivity contribution is -0.118. The predicted octanol–water partition coefficient (Wildman–Crippen LogP) is 3.03. The molecule has 3 nitrogen and oxygen atoms in total. The molecule has 94 valence electrons. The Morgan fingerprint density at radius 2 is 2.00 bits per heavy atom. The maximum atomic E-state index is 11.8. The highest BCUT2D eigenvalue weighted by atomic mass is 16.5. The van der Waals surface area contributed by atoms with E-state index in [1.807, 2.05) is 36.4 Å². The summed E-state index contributed by atoms with van der Waals surface area (Å²) in [5.74, 6) is 1.89. The number of ether oxygens (including phenoxy) is 1. The van der Waals surface area contributed by atoms with Crippen LogP contribution in [0.5, 0.6) is 5.75 Å². The summed E-state index contributed by atoms with van der Waals surface area (Å²) in [5.41, 5.74) is 1.01. The average molecular weight is 244 g/mol. The van der Waals surface area contributed by atoms with E-state index in [1.165, 1.54) is 0 Å². The van der Waals surface area contributed by atoms with Crippen LogP contribution in [-0.2, 0) is 17.6 Å². The topological polar surface area (TPSA) is 39.4 Å². The van der Waals surface area contributed by atoms with E-state index in [2.05, 4.69) is 0 Å². The Morgan fingerprint density at radius 1 is 1.22 bits per heavy atom. The van der Waals surface area contributed by atoms with Crippen molar-refractivity contribution in [2.24, 2.45) is 0 Å². The predicted molar refractivity (Wildman–Crippen MR) is 68.7 cm³/mol. The van der Waals surface area contributed by atoms with Crippen molar-refractivity contribution in [3.63, 3.8) is 0 Å². The number of furan rings is 1. The number of Topliss-reactive ketones (excluding diaryl/α,β-unsaturated/α-hetero) is 1. The van der Waals surface area contributed by atoms with Gasteiger partial charge in [-0.05, 0) is 29.8 Å². The van der Waals surface area contributed by atoms with Gasteiger partial charge in [0.1, 0.15) is 17.3 Å². The first-order valence-electron chi connectivity index (χ1n) is 5.95. The summed E-state index contributed by atoms with van der Waals surface area (Å²) in [5, 5.41) is 0. The SMILES string of the molecule is COc1ccc(CC(=O)CCc2ccco2)cc1. The highest BCUT2D eigenvalue weighted by Gasteiger charge is 2.05. The van der Waals surface area contributed by atoms with E-state index in [0.29, 0.717) is 19.3 Å². The zero-order valence-corrected chi connectivity index (χ0v) is 10.4.